The van der Waals surface area contributed by atoms with Crippen molar-refractivity contribution in [2.45, 2.75) is 70.1 Å². The predicted octanol–water partition coefficient (Wildman–Crippen LogP) is 4.00. The van der Waals surface area contributed by atoms with Crippen molar-refractivity contribution in [1.82, 2.24) is 20.5 Å². The van der Waals surface area contributed by atoms with Gasteiger partial charge < -0.3 is 15.5 Å². The van der Waals surface area contributed by atoms with Crippen LogP contribution in [0.1, 0.15) is 65.6 Å². The lowest BCUT2D eigenvalue weighted by Gasteiger charge is -2.33. The third-order valence-electron chi connectivity index (χ3n) is 7.60. The topological polar surface area (TPSA) is 74.3 Å². The minimum Gasteiger partial charge on any atom is -0.329 e. The van der Waals surface area contributed by atoms with Crippen molar-refractivity contribution >= 4 is 11.8 Å². The zero-order valence-corrected chi connectivity index (χ0v) is 19.7. The van der Waals surface area contributed by atoms with E-state index in [0.717, 1.165) is 55.6 Å². The molecule has 3 heterocycles. The number of halogens is 2. The van der Waals surface area contributed by atoms with Crippen LogP contribution in [0.2, 0.25) is 0 Å². The van der Waals surface area contributed by atoms with E-state index in [-0.39, 0.29) is 30.0 Å². The molecule has 1 aromatic heterocycles. The summed E-state index contributed by atoms with van der Waals surface area (Å²) in [6.45, 7) is 4.38. The van der Waals surface area contributed by atoms with E-state index in [1.54, 1.807) is 4.90 Å². The summed E-state index contributed by atoms with van der Waals surface area (Å²) in [6, 6.07) is 5.64. The van der Waals surface area contributed by atoms with E-state index >= 15 is 0 Å². The Labute approximate surface area is 203 Å². The number of piperidine rings is 1. The molecule has 2 N–H and O–H groups in total. The van der Waals surface area contributed by atoms with Crippen molar-refractivity contribution in [3.63, 3.8) is 0 Å². The number of carbonyl (C=O) groups excluding carboxylic acids is 2. The lowest BCUT2D eigenvalue weighted by Crippen LogP contribution is -2.49. The molecule has 1 unspecified atom stereocenters. The first-order valence-corrected chi connectivity index (χ1v) is 12.3. The van der Waals surface area contributed by atoms with Crippen LogP contribution in [0.15, 0.2) is 42.9 Å². The minimum absolute atomic E-state index is 0.0239. The number of hydrogen-bond donors (Lipinski definition) is 2. The summed E-state index contributed by atoms with van der Waals surface area (Å²) in [5.74, 6) is -1.20. The SMILES string of the molecule is C=C1CCC(N2Cc3cc(C[C@H]4CCCC[C@@H]4NCc4c(F)cncc4F)ccc3C2=O)C(=O)N1. The lowest BCUT2D eigenvalue weighted by atomic mass is 9.80. The molecule has 0 bridgehead atoms. The molecule has 1 aromatic carbocycles. The molecule has 2 amide bonds. The zero-order valence-electron chi connectivity index (χ0n) is 19.7. The van der Waals surface area contributed by atoms with Crippen molar-refractivity contribution in [1.29, 1.82) is 0 Å². The number of pyridine rings is 1. The van der Waals surface area contributed by atoms with E-state index in [4.69, 9.17) is 0 Å². The molecule has 1 saturated carbocycles. The van der Waals surface area contributed by atoms with Crippen LogP contribution in [-0.2, 0) is 24.3 Å². The number of nitrogens with zero attached hydrogens (tertiary/aromatic N) is 2. The smallest absolute Gasteiger partial charge is 0.255 e. The summed E-state index contributed by atoms with van der Waals surface area (Å²) in [4.78, 5) is 30.7. The zero-order chi connectivity index (χ0) is 24.5. The molecule has 3 aliphatic rings. The Bertz CT molecular complexity index is 1150. The van der Waals surface area contributed by atoms with Gasteiger partial charge in [-0.05, 0) is 55.2 Å². The van der Waals surface area contributed by atoms with Crippen molar-refractivity contribution in [3.05, 3.63) is 76.8 Å². The van der Waals surface area contributed by atoms with Crippen LogP contribution in [0, 0.1) is 17.6 Å². The molecule has 35 heavy (non-hydrogen) atoms. The predicted molar refractivity (Wildman–Crippen MR) is 127 cm³/mol. The largest absolute Gasteiger partial charge is 0.329 e. The van der Waals surface area contributed by atoms with Gasteiger partial charge in [0.1, 0.15) is 17.7 Å². The molecule has 2 fully saturated rings. The normalized spacial score (nSPS) is 24.5. The van der Waals surface area contributed by atoms with Gasteiger partial charge in [0.05, 0.1) is 12.4 Å². The average Bonchev–Trinajstić information content (AvgIpc) is 3.15. The number of nitrogens with one attached hydrogen (secondary N) is 2. The fourth-order valence-corrected chi connectivity index (χ4v) is 5.70. The summed E-state index contributed by atoms with van der Waals surface area (Å²) in [5, 5.41) is 6.16. The van der Waals surface area contributed by atoms with Crippen LogP contribution in [0.25, 0.3) is 0 Å². The number of fused-ring (bicyclic) bond motifs is 1. The summed E-state index contributed by atoms with van der Waals surface area (Å²) in [7, 11) is 0. The molecule has 1 saturated heterocycles. The Kier molecular flexibility index (Phi) is 6.65. The molecule has 3 atom stereocenters. The minimum atomic E-state index is -0.631. The van der Waals surface area contributed by atoms with Gasteiger partial charge in [-0.2, -0.15) is 0 Å². The Morgan fingerprint density at radius 2 is 1.89 bits per heavy atom. The highest BCUT2D eigenvalue weighted by molar-refractivity contribution is 6.01. The number of allylic oxidation sites excluding steroid dienone is 1. The third-order valence-corrected chi connectivity index (χ3v) is 7.60. The van der Waals surface area contributed by atoms with Gasteiger partial charge in [-0.15, -0.1) is 0 Å². The molecule has 0 radical (unpaired) electrons. The van der Waals surface area contributed by atoms with Crippen LogP contribution >= 0.6 is 0 Å². The maximum atomic E-state index is 14.0. The molecule has 6 nitrogen and oxygen atoms in total. The third kappa shape index (κ3) is 4.85. The van der Waals surface area contributed by atoms with Gasteiger partial charge in [0, 0.05) is 36.0 Å². The fraction of sp³-hybridized carbons (Fsp3) is 0.444. The second kappa shape index (κ2) is 9.85. The van der Waals surface area contributed by atoms with Crippen molar-refractivity contribution < 1.29 is 18.4 Å². The van der Waals surface area contributed by atoms with Gasteiger partial charge in [0.2, 0.25) is 5.91 Å². The number of carbonyl (C=O) groups is 2. The Morgan fingerprint density at radius 1 is 1.11 bits per heavy atom. The second-order valence-electron chi connectivity index (χ2n) is 9.89. The van der Waals surface area contributed by atoms with E-state index in [2.05, 4.69) is 28.3 Å². The summed E-state index contributed by atoms with van der Waals surface area (Å²) >= 11 is 0. The first-order valence-electron chi connectivity index (χ1n) is 12.3. The quantitative estimate of drug-likeness (QED) is 0.656. The van der Waals surface area contributed by atoms with Crippen LogP contribution in [0.4, 0.5) is 8.78 Å². The van der Waals surface area contributed by atoms with Crippen LogP contribution in [0.5, 0.6) is 0 Å². The summed E-state index contributed by atoms with van der Waals surface area (Å²) in [5.41, 5.74) is 3.47. The molecule has 0 spiro atoms. The molecule has 1 aliphatic carbocycles. The molecular weight excluding hydrogens is 450 g/mol. The number of hydrogen-bond acceptors (Lipinski definition) is 4. The van der Waals surface area contributed by atoms with E-state index in [0.29, 0.717) is 36.6 Å². The van der Waals surface area contributed by atoms with Gasteiger partial charge in [-0.3, -0.25) is 14.6 Å². The molecule has 8 heteroatoms. The number of benzene rings is 1. The van der Waals surface area contributed by atoms with Gasteiger partial charge in [-0.1, -0.05) is 31.6 Å². The van der Waals surface area contributed by atoms with E-state index in [1.807, 2.05) is 12.1 Å². The number of amides is 2. The standard InChI is InChI=1S/C27H30F2N4O2/c1-16-6-9-25(26(34)32-16)33-15-19-11-17(7-8-20(19)27(33)35)10-18-4-2-3-5-24(18)31-12-21-22(28)13-30-14-23(21)29/h7-8,11,13-14,18,24-25,31H,1-6,9-10,12,15H2,(H,32,34)/t18-,24+,25?/m1/s1. The van der Waals surface area contributed by atoms with Crippen LogP contribution in [0.3, 0.4) is 0 Å². The lowest BCUT2D eigenvalue weighted by molar-refractivity contribution is -0.126. The highest BCUT2D eigenvalue weighted by atomic mass is 19.1. The average molecular weight is 481 g/mol. The maximum absolute atomic E-state index is 14.0. The van der Waals surface area contributed by atoms with Crippen molar-refractivity contribution in [3.8, 4) is 0 Å². The molecule has 5 rings (SSSR count). The van der Waals surface area contributed by atoms with Gasteiger partial charge in [0.25, 0.3) is 5.91 Å². The van der Waals surface area contributed by atoms with E-state index < -0.39 is 17.7 Å². The van der Waals surface area contributed by atoms with E-state index in [1.165, 1.54) is 0 Å². The summed E-state index contributed by atoms with van der Waals surface area (Å²) < 4.78 is 28.0. The highest BCUT2D eigenvalue weighted by Crippen LogP contribution is 2.32. The van der Waals surface area contributed by atoms with Crippen LogP contribution < -0.4 is 10.6 Å². The van der Waals surface area contributed by atoms with Crippen LogP contribution in [-0.4, -0.2) is 33.8 Å². The Balaban J connectivity index is 1.26. The Morgan fingerprint density at radius 3 is 2.66 bits per heavy atom. The van der Waals surface area contributed by atoms with Crippen molar-refractivity contribution in [2.75, 3.05) is 0 Å². The maximum Gasteiger partial charge on any atom is 0.255 e. The number of aromatic nitrogens is 1. The highest BCUT2D eigenvalue weighted by Gasteiger charge is 2.38. The Hall–Kier alpha value is -3.13. The van der Waals surface area contributed by atoms with Gasteiger partial charge in [-0.25, -0.2) is 8.78 Å². The van der Waals surface area contributed by atoms with Crippen molar-refractivity contribution in [2.24, 2.45) is 5.92 Å². The van der Waals surface area contributed by atoms with E-state index in [9.17, 15) is 18.4 Å². The molecule has 2 aromatic rings. The first-order chi connectivity index (χ1) is 16.9. The number of rotatable bonds is 6. The second-order valence-corrected chi connectivity index (χ2v) is 9.89. The van der Waals surface area contributed by atoms with Gasteiger partial charge in [0.15, 0.2) is 0 Å². The first kappa shape index (κ1) is 23.6. The fourth-order valence-electron chi connectivity index (χ4n) is 5.70. The summed E-state index contributed by atoms with van der Waals surface area (Å²) in [6.07, 6.45) is 8.37. The monoisotopic (exact) mass is 480 g/mol. The molecule has 184 valence electrons. The molecule has 2 aliphatic heterocycles. The van der Waals surface area contributed by atoms with Gasteiger partial charge >= 0.3 is 0 Å². The molecular formula is C27H30F2N4O2.